The first-order chi connectivity index (χ1) is 11.5. The van der Waals surface area contributed by atoms with Crippen molar-refractivity contribution < 1.29 is 4.79 Å². The van der Waals surface area contributed by atoms with Crippen molar-refractivity contribution in [3.8, 4) is 0 Å². The number of nitrogens with one attached hydrogen (secondary N) is 1. The van der Waals surface area contributed by atoms with Crippen LogP contribution in [0.5, 0.6) is 0 Å². The Morgan fingerprint density at radius 1 is 1.21 bits per heavy atom. The zero-order valence-corrected chi connectivity index (χ0v) is 15.4. The van der Waals surface area contributed by atoms with Crippen LogP contribution in [0.4, 0.5) is 5.69 Å². The monoisotopic (exact) mass is 325 g/mol. The van der Waals surface area contributed by atoms with E-state index in [9.17, 15) is 4.79 Å². The van der Waals surface area contributed by atoms with Crippen molar-refractivity contribution in [3.05, 3.63) is 78.9 Å². The van der Waals surface area contributed by atoms with Gasteiger partial charge >= 0.3 is 0 Å². The number of allylic oxidation sites excluding steroid dienone is 3. The summed E-state index contributed by atoms with van der Waals surface area (Å²) in [5, 5.41) is 2.91. The summed E-state index contributed by atoms with van der Waals surface area (Å²) in [4.78, 5) is 12.3. The van der Waals surface area contributed by atoms with Crippen molar-refractivity contribution in [1.29, 1.82) is 0 Å². The quantitative estimate of drug-likeness (QED) is 0.256. The molecule has 0 aliphatic carbocycles. The van der Waals surface area contributed by atoms with Crippen molar-refractivity contribution >= 4 is 11.6 Å². The molecule has 0 atom stereocenters. The second kappa shape index (κ2) is 13.1. The van der Waals surface area contributed by atoms with Gasteiger partial charge in [-0.1, -0.05) is 68.8 Å². The Balaban J connectivity index is 0.00000163. The number of carbonyl (C=O) groups is 1. The van der Waals surface area contributed by atoms with Gasteiger partial charge in [0.15, 0.2) is 0 Å². The Morgan fingerprint density at radius 3 is 2.38 bits per heavy atom. The Labute approximate surface area is 147 Å². The van der Waals surface area contributed by atoms with Crippen LogP contribution in [0.25, 0.3) is 0 Å². The predicted molar refractivity (Wildman–Crippen MR) is 107 cm³/mol. The molecule has 1 N–H and O–H groups in total. The maximum absolute atomic E-state index is 12.3. The fourth-order valence-electron chi connectivity index (χ4n) is 2.02. The molecule has 130 valence electrons. The number of aryl methyl sites for hydroxylation is 1. The molecule has 1 aromatic carbocycles. The summed E-state index contributed by atoms with van der Waals surface area (Å²) in [5.74, 6) is -0.143. The van der Waals surface area contributed by atoms with Crippen LogP contribution in [0.1, 0.15) is 45.1 Å². The number of anilines is 1. The molecule has 1 amide bonds. The smallest absolute Gasteiger partial charge is 0.255 e. The van der Waals surface area contributed by atoms with E-state index >= 15 is 0 Å². The average molecular weight is 325 g/mol. The number of unbranched alkanes of at least 4 members (excludes halogenated alkanes) is 2. The van der Waals surface area contributed by atoms with Gasteiger partial charge in [-0.2, -0.15) is 0 Å². The van der Waals surface area contributed by atoms with Gasteiger partial charge in [0.25, 0.3) is 5.91 Å². The Morgan fingerprint density at radius 2 is 1.83 bits per heavy atom. The summed E-state index contributed by atoms with van der Waals surface area (Å²) in [7, 11) is 0. The molecule has 0 spiro atoms. The van der Waals surface area contributed by atoms with Crippen LogP contribution >= 0.6 is 0 Å². The first-order valence-electron chi connectivity index (χ1n) is 8.46. The summed E-state index contributed by atoms with van der Waals surface area (Å²) in [5.41, 5.74) is 3.39. The lowest BCUT2D eigenvalue weighted by Gasteiger charge is -2.09. The molecule has 0 bridgehead atoms. The molecule has 24 heavy (non-hydrogen) atoms. The van der Waals surface area contributed by atoms with Crippen LogP contribution in [-0.2, 0) is 4.79 Å². The highest BCUT2D eigenvalue weighted by Gasteiger charge is 2.08. The summed E-state index contributed by atoms with van der Waals surface area (Å²) in [6.07, 6.45) is 9.55. The minimum absolute atomic E-state index is 0.143. The summed E-state index contributed by atoms with van der Waals surface area (Å²) < 4.78 is 0. The topological polar surface area (TPSA) is 29.1 Å². The molecule has 2 nitrogen and oxygen atoms in total. The van der Waals surface area contributed by atoms with E-state index in [0.717, 1.165) is 29.7 Å². The number of rotatable bonds is 8. The average Bonchev–Trinajstić information content (AvgIpc) is 2.55. The second-order valence-electron chi connectivity index (χ2n) is 5.60. The summed E-state index contributed by atoms with van der Waals surface area (Å²) in [6, 6.07) is 7.72. The van der Waals surface area contributed by atoms with Gasteiger partial charge in [0.2, 0.25) is 0 Å². The number of amides is 1. The molecule has 1 aromatic rings. The van der Waals surface area contributed by atoms with Crippen LogP contribution in [-0.4, -0.2) is 5.91 Å². The maximum atomic E-state index is 12.3. The molecule has 0 saturated carbocycles. The van der Waals surface area contributed by atoms with Crippen molar-refractivity contribution in [2.45, 2.75) is 46.5 Å². The highest BCUT2D eigenvalue weighted by atomic mass is 16.1. The number of hydrogen-bond acceptors (Lipinski definition) is 1. The molecule has 1 rings (SSSR count). The second-order valence-corrected chi connectivity index (χ2v) is 5.60. The number of para-hydroxylation sites is 1. The van der Waals surface area contributed by atoms with Crippen LogP contribution in [0.2, 0.25) is 0 Å². The van der Waals surface area contributed by atoms with Gasteiger partial charge in [0, 0.05) is 11.3 Å². The van der Waals surface area contributed by atoms with Crippen LogP contribution < -0.4 is 5.32 Å². The van der Waals surface area contributed by atoms with E-state index in [4.69, 9.17) is 0 Å². The number of carbonyl (C=O) groups excluding carboxylic acids is 1. The third-order valence-corrected chi connectivity index (χ3v) is 3.34. The van der Waals surface area contributed by atoms with Crippen molar-refractivity contribution in [3.63, 3.8) is 0 Å². The van der Waals surface area contributed by atoms with Gasteiger partial charge in [-0.25, -0.2) is 0 Å². The standard InChI is InChI=1S/C19H25NO.C3H6/c1-5-7-8-11-15(3)14-17(6-2)19(21)20-18-13-10-9-12-16(18)4;1-3-2/h6,9-10,12-14H,2-3,5,7-8,11H2,1,4H3,(H,20,21);3H,1H2,2H3/b17-14+;. The summed E-state index contributed by atoms with van der Waals surface area (Å²) in [6.45, 7) is 17.1. The molecule has 0 aliphatic heterocycles. The predicted octanol–water partition coefficient (Wildman–Crippen LogP) is 6.37. The van der Waals surface area contributed by atoms with Gasteiger partial charge in [-0.05, 0) is 44.4 Å². The summed E-state index contributed by atoms with van der Waals surface area (Å²) >= 11 is 0. The first kappa shape index (κ1) is 21.7. The highest BCUT2D eigenvalue weighted by Crippen LogP contribution is 2.16. The third kappa shape index (κ3) is 8.94. The van der Waals surface area contributed by atoms with Crippen molar-refractivity contribution in [2.75, 3.05) is 5.32 Å². The zero-order chi connectivity index (χ0) is 18.4. The Kier molecular flexibility index (Phi) is 11.8. The molecule has 0 radical (unpaired) electrons. The van der Waals surface area contributed by atoms with Crippen molar-refractivity contribution in [1.82, 2.24) is 0 Å². The maximum Gasteiger partial charge on any atom is 0.255 e. The normalized spacial score (nSPS) is 10.2. The number of benzene rings is 1. The van der Waals surface area contributed by atoms with E-state index in [1.54, 1.807) is 12.2 Å². The minimum Gasteiger partial charge on any atom is -0.322 e. The van der Waals surface area contributed by atoms with Crippen LogP contribution in [0.15, 0.2) is 73.4 Å². The molecule has 0 unspecified atom stereocenters. The molecule has 0 aliphatic rings. The van der Waals surface area contributed by atoms with Crippen LogP contribution in [0.3, 0.4) is 0 Å². The lowest BCUT2D eigenvalue weighted by molar-refractivity contribution is -0.112. The largest absolute Gasteiger partial charge is 0.322 e. The van der Waals surface area contributed by atoms with E-state index in [1.807, 2.05) is 44.2 Å². The van der Waals surface area contributed by atoms with E-state index in [-0.39, 0.29) is 5.91 Å². The lowest BCUT2D eigenvalue weighted by atomic mass is 10.1. The third-order valence-electron chi connectivity index (χ3n) is 3.34. The molecule has 0 fully saturated rings. The molecule has 0 aromatic heterocycles. The molecule has 0 saturated heterocycles. The fraction of sp³-hybridized carbons (Fsp3) is 0.318. The van der Waals surface area contributed by atoms with Gasteiger partial charge in [0.05, 0.1) is 0 Å². The van der Waals surface area contributed by atoms with Gasteiger partial charge < -0.3 is 5.32 Å². The van der Waals surface area contributed by atoms with Gasteiger partial charge in [0.1, 0.15) is 0 Å². The van der Waals surface area contributed by atoms with E-state index in [2.05, 4.69) is 32.0 Å². The lowest BCUT2D eigenvalue weighted by Crippen LogP contribution is -2.14. The number of hydrogen-bond donors (Lipinski definition) is 1. The van der Waals surface area contributed by atoms with Gasteiger partial charge in [-0.15, -0.1) is 6.58 Å². The fourth-order valence-corrected chi connectivity index (χ4v) is 2.02. The first-order valence-corrected chi connectivity index (χ1v) is 8.46. The minimum atomic E-state index is -0.143. The Hall–Kier alpha value is -2.35. The molecule has 2 heteroatoms. The van der Waals surface area contributed by atoms with E-state index < -0.39 is 0 Å². The molecular weight excluding hydrogens is 294 g/mol. The molecular formula is C22H31NO. The van der Waals surface area contributed by atoms with Crippen LogP contribution in [0, 0.1) is 6.92 Å². The van der Waals surface area contributed by atoms with E-state index in [1.165, 1.54) is 12.8 Å². The Bertz CT molecular complexity index is 581. The highest BCUT2D eigenvalue weighted by molar-refractivity contribution is 6.06. The van der Waals surface area contributed by atoms with E-state index in [0.29, 0.717) is 5.57 Å². The zero-order valence-electron chi connectivity index (χ0n) is 15.4. The SMILES string of the molecule is C=C/C(=C\C(=C)CCCCC)C(=O)Nc1ccccc1C.C=CC. The van der Waals surface area contributed by atoms with Crippen molar-refractivity contribution in [2.24, 2.45) is 0 Å². The van der Waals surface area contributed by atoms with Gasteiger partial charge in [-0.3, -0.25) is 4.79 Å². The molecule has 0 heterocycles.